The van der Waals surface area contributed by atoms with Crippen LogP contribution in [0.1, 0.15) is 12.5 Å². The van der Waals surface area contributed by atoms with E-state index in [2.05, 4.69) is 64.8 Å². The second-order valence-corrected chi connectivity index (χ2v) is 7.50. The van der Waals surface area contributed by atoms with Gasteiger partial charge in [0.2, 0.25) is 0 Å². The maximum atomic E-state index is 11.7. The van der Waals surface area contributed by atoms with Crippen molar-refractivity contribution in [1.29, 1.82) is 0 Å². The maximum Gasteiger partial charge on any atom is 0.178 e. The van der Waals surface area contributed by atoms with Crippen molar-refractivity contribution in [2.24, 2.45) is 5.92 Å². The third-order valence-electron chi connectivity index (χ3n) is 6.11. The molecule has 1 unspecified atom stereocenters. The fraction of sp³-hybridized carbons (Fsp3) is 0.217. The Bertz CT molecular complexity index is 1110. The maximum absolute atomic E-state index is 11.7. The van der Waals surface area contributed by atoms with Crippen LogP contribution in [-0.4, -0.2) is 27.9 Å². The normalized spacial score (nSPS) is 20.4. The third kappa shape index (κ3) is 2.23. The Morgan fingerprint density at radius 3 is 2.59 bits per heavy atom. The van der Waals surface area contributed by atoms with Gasteiger partial charge in [0.05, 0.1) is 22.3 Å². The molecular formula is C23H21N3O. The van der Waals surface area contributed by atoms with Gasteiger partial charge in [-0.2, -0.15) is 0 Å². The van der Waals surface area contributed by atoms with Gasteiger partial charge in [0.1, 0.15) is 6.33 Å². The lowest BCUT2D eigenvalue weighted by molar-refractivity contribution is -0.110. The zero-order valence-electron chi connectivity index (χ0n) is 15.5. The van der Waals surface area contributed by atoms with Crippen LogP contribution in [0.2, 0.25) is 0 Å². The largest absolute Gasteiger partial charge is 0.361 e. The molecule has 134 valence electrons. The number of hydrogen-bond donors (Lipinski definition) is 0. The van der Waals surface area contributed by atoms with E-state index < -0.39 is 0 Å². The van der Waals surface area contributed by atoms with Crippen molar-refractivity contribution in [3.8, 4) is 5.69 Å². The summed E-state index contributed by atoms with van der Waals surface area (Å²) < 4.78 is 2.18. The highest BCUT2D eigenvalue weighted by atomic mass is 16.1. The van der Waals surface area contributed by atoms with Crippen LogP contribution in [0.15, 0.2) is 73.1 Å². The van der Waals surface area contributed by atoms with Crippen molar-refractivity contribution in [3.63, 3.8) is 0 Å². The monoisotopic (exact) mass is 355 g/mol. The van der Waals surface area contributed by atoms with Crippen LogP contribution in [0.3, 0.4) is 0 Å². The minimum absolute atomic E-state index is 0.0608. The molecule has 2 aromatic carbocycles. The molecule has 0 bridgehead atoms. The summed E-state index contributed by atoms with van der Waals surface area (Å²) in [5.74, 6) is 0.400. The number of benzene rings is 2. The molecule has 0 saturated heterocycles. The number of carbonyl (C=O) groups excluding carboxylic acids is 1. The number of likely N-dealkylation sites (N-methyl/N-ethyl adjacent to an activating group) is 1. The van der Waals surface area contributed by atoms with Crippen molar-refractivity contribution >= 4 is 22.5 Å². The summed E-state index contributed by atoms with van der Waals surface area (Å²) in [4.78, 5) is 18.5. The highest BCUT2D eigenvalue weighted by Crippen LogP contribution is 2.44. The van der Waals surface area contributed by atoms with E-state index in [0.717, 1.165) is 17.5 Å². The molecule has 1 aliphatic carbocycles. The molecule has 5 rings (SSSR count). The van der Waals surface area contributed by atoms with Gasteiger partial charge in [-0.25, -0.2) is 4.98 Å². The highest BCUT2D eigenvalue weighted by molar-refractivity contribution is 6.01. The lowest BCUT2D eigenvalue weighted by atomic mass is 9.73. The number of imidazole rings is 1. The number of rotatable bonds is 1. The minimum Gasteiger partial charge on any atom is -0.361 e. The Balaban J connectivity index is 1.69. The minimum atomic E-state index is -0.253. The molecule has 0 fully saturated rings. The average Bonchev–Trinajstić information content (AvgIpc) is 3.11. The van der Waals surface area contributed by atoms with Gasteiger partial charge in [-0.05, 0) is 54.3 Å². The van der Waals surface area contributed by atoms with Crippen LogP contribution in [0, 0.1) is 5.92 Å². The van der Waals surface area contributed by atoms with Gasteiger partial charge in [-0.1, -0.05) is 37.3 Å². The van der Waals surface area contributed by atoms with Crippen LogP contribution in [0.4, 0.5) is 5.69 Å². The van der Waals surface area contributed by atoms with Gasteiger partial charge in [0, 0.05) is 12.7 Å². The molecule has 1 atom stereocenters. The van der Waals surface area contributed by atoms with Crippen LogP contribution in [0.5, 0.6) is 0 Å². The molecule has 1 aromatic heterocycles. The molecule has 3 aromatic rings. The van der Waals surface area contributed by atoms with E-state index in [1.54, 1.807) is 12.2 Å². The topological polar surface area (TPSA) is 38.1 Å². The van der Waals surface area contributed by atoms with Crippen molar-refractivity contribution < 1.29 is 4.79 Å². The molecule has 2 aliphatic rings. The summed E-state index contributed by atoms with van der Waals surface area (Å²) in [5.41, 5.74) is 5.56. The molecule has 1 spiro atoms. The third-order valence-corrected chi connectivity index (χ3v) is 6.11. The quantitative estimate of drug-likeness (QED) is 0.660. The summed E-state index contributed by atoms with van der Waals surface area (Å²) in [6.45, 7) is 2.26. The molecule has 0 saturated carbocycles. The van der Waals surface area contributed by atoms with E-state index in [1.165, 1.54) is 16.9 Å². The zero-order chi connectivity index (χ0) is 18.6. The number of anilines is 1. The molecule has 2 heterocycles. The van der Waals surface area contributed by atoms with Gasteiger partial charge in [-0.3, -0.25) is 9.36 Å². The molecule has 0 N–H and O–H groups in total. The predicted octanol–water partition coefficient (Wildman–Crippen LogP) is 4.09. The Morgan fingerprint density at radius 1 is 1.04 bits per heavy atom. The second kappa shape index (κ2) is 5.68. The first-order chi connectivity index (χ1) is 13.1. The van der Waals surface area contributed by atoms with Crippen LogP contribution in [-0.2, 0) is 11.2 Å². The first-order valence-corrected chi connectivity index (χ1v) is 9.31. The number of ketones is 1. The SMILES string of the molecule is CC1Cc2c(cccc2-n2cnc3ccccc32)N(C)C12C=CC(=O)C=C2. The molecule has 27 heavy (non-hydrogen) atoms. The van der Waals surface area contributed by atoms with E-state index >= 15 is 0 Å². The Hall–Kier alpha value is -3.14. The van der Waals surface area contributed by atoms with Crippen LogP contribution in [0.25, 0.3) is 16.7 Å². The smallest absolute Gasteiger partial charge is 0.178 e. The number of hydrogen-bond acceptors (Lipinski definition) is 3. The molecule has 0 amide bonds. The van der Waals surface area contributed by atoms with E-state index in [-0.39, 0.29) is 11.3 Å². The summed E-state index contributed by atoms with van der Waals surface area (Å²) in [5, 5.41) is 0. The average molecular weight is 355 g/mol. The number of carbonyl (C=O) groups is 1. The lowest BCUT2D eigenvalue weighted by Gasteiger charge is -2.49. The van der Waals surface area contributed by atoms with Crippen LogP contribution < -0.4 is 4.90 Å². The standard InChI is InChI=1S/C23H21N3O/c1-16-14-18-20(25(2)23(16)12-10-17(27)11-13-23)8-5-9-21(18)26-15-24-19-6-3-4-7-22(19)26/h3-13,15-16H,14H2,1-2H3. The number of allylic oxidation sites excluding steroid dienone is 2. The molecule has 4 nitrogen and oxygen atoms in total. The van der Waals surface area contributed by atoms with Crippen molar-refractivity contribution in [2.45, 2.75) is 18.9 Å². The van der Waals surface area contributed by atoms with E-state index in [9.17, 15) is 4.79 Å². The van der Waals surface area contributed by atoms with Crippen molar-refractivity contribution in [3.05, 3.63) is 78.7 Å². The Morgan fingerprint density at radius 2 is 1.78 bits per heavy atom. The fourth-order valence-electron chi connectivity index (χ4n) is 4.57. The van der Waals surface area contributed by atoms with Gasteiger partial charge in [0.15, 0.2) is 5.78 Å². The van der Waals surface area contributed by atoms with Crippen molar-refractivity contribution in [2.75, 3.05) is 11.9 Å². The van der Waals surface area contributed by atoms with E-state index in [4.69, 9.17) is 0 Å². The summed E-state index contributed by atoms with van der Waals surface area (Å²) in [6, 6.07) is 14.7. The zero-order valence-corrected chi connectivity index (χ0v) is 15.5. The summed E-state index contributed by atoms with van der Waals surface area (Å²) in [6.07, 6.45) is 10.4. The summed E-state index contributed by atoms with van der Waals surface area (Å²) in [7, 11) is 2.12. The highest BCUT2D eigenvalue weighted by Gasteiger charge is 2.42. The Kier molecular flexibility index (Phi) is 3.38. The van der Waals surface area contributed by atoms with Gasteiger partial charge in [0.25, 0.3) is 0 Å². The number of para-hydroxylation sites is 2. The second-order valence-electron chi connectivity index (χ2n) is 7.50. The molecular weight excluding hydrogens is 334 g/mol. The number of nitrogens with zero attached hydrogens (tertiary/aromatic N) is 3. The number of fused-ring (bicyclic) bond motifs is 2. The van der Waals surface area contributed by atoms with Gasteiger partial charge >= 0.3 is 0 Å². The fourth-order valence-corrected chi connectivity index (χ4v) is 4.57. The van der Waals surface area contributed by atoms with Crippen molar-refractivity contribution in [1.82, 2.24) is 9.55 Å². The first-order valence-electron chi connectivity index (χ1n) is 9.31. The molecule has 4 heteroatoms. The van der Waals surface area contributed by atoms with Crippen LogP contribution >= 0.6 is 0 Å². The summed E-state index contributed by atoms with van der Waals surface area (Å²) >= 11 is 0. The van der Waals surface area contributed by atoms with E-state index in [1.807, 2.05) is 24.5 Å². The lowest BCUT2D eigenvalue weighted by Crippen LogP contribution is -2.53. The van der Waals surface area contributed by atoms with Gasteiger partial charge in [-0.15, -0.1) is 0 Å². The molecule has 1 aliphatic heterocycles. The first kappa shape index (κ1) is 16.1. The number of aromatic nitrogens is 2. The van der Waals surface area contributed by atoms with Gasteiger partial charge < -0.3 is 4.90 Å². The predicted molar refractivity (Wildman–Crippen MR) is 108 cm³/mol. The molecule has 0 radical (unpaired) electrons. The van der Waals surface area contributed by atoms with E-state index in [0.29, 0.717) is 5.92 Å². The Labute approximate surface area is 158 Å².